The smallest absolute Gasteiger partial charge is 0.211 e. The monoisotopic (exact) mass is 479 g/mol. The lowest BCUT2D eigenvalue weighted by molar-refractivity contribution is -0.484. The van der Waals surface area contributed by atoms with E-state index in [-0.39, 0.29) is 0 Å². The van der Waals surface area contributed by atoms with Crippen molar-refractivity contribution in [3.63, 3.8) is 0 Å². The second-order valence-electron chi connectivity index (χ2n) is 8.40. The van der Waals surface area contributed by atoms with Gasteiger partial charge < -0.3 is 4.74 Å². The van der Waals surface area contributed by atoms with E-state index in [9.17, 15) is 19.7 Å². The quantitative estimate of drug-likeness (QED) is 0.114. The highest BCUT2D eigenvalue weighted by molar-refractivity contribution is 6.16. The lowest BCUT2D eigenvalue weighted by Gasteiger charge is -2.23. The van der Waals surface area contributed by atoms with E-state index in [2.05, 4.69) is 0 Å². The summed E-state index contributed by atoms with van der Waals surface area (Å²) in [5, 5.41) is 11.7. The van der Waals surface area contributed by atoms with Crippen molar-refractivity contribution in [1.29, 1.82) is 0 Å². The molecule has 1 atom stereocenters. The zero-order valence-electron chi connectivity index (χ0n) is 19.5. The Morgan fingerprint density at radius 1 is 0.694 bits per heavy atom. The Bertz CT molecular complexity index is 1250. The molecule has 0 saturated heterocycles. The van der Waals surface area contributed by atoms with Crippen LogP contribution in [0.15, 0.2) is 115 Å². The van der Waals surface area contributed by atoms with E-state index in [4.69, 9.17) is 4.74 Å². The van der Waals surface area contributed by atoms with Gasteiger partial charge in [0.1, 0.15) is 12.4 Å². The summed E-state index contributed by atoms with van der Waals surface area (Å²) >= 11 is 0. The average molecular weight is 480 g/mol. The zero-order valence-corrected chi connectivity index (χ0v) is 19.5. The Labute approximate surface area is 209 Å². The molecule has 0 spiro atoms. The zero-order chi connectivity index (χ0) is 25.3. The van der Waals surface area contributed by atoms with Crippen LogP contribution in [0.3, 0.4) is 0 Å². The number of hydrogen-bond donors (Lipinski definition) is 0. The summed E-state index contributed by atoms with van der Waals surface area (Å²) in [6.07, 6.45) is 0. The fraction of sp³-hybridized carbons (Fsp3) is 0.133. The molecule has 0 radical (unpaired) electrons. The average Bonchev–Trinajstić information content (AvgIpc) is 2.93. The molecular formula is C30H25NO5. The number of ketones is 2. The Morgan fingerprint density at radius 3 is 1.64 bits per heavy atom. The molecule has 180 valence electrons. The number of hydrogen-bond acceptors (Lipinski definition) is 5. The summed E-state index contributed by atoms with van der Waals surface area (Å²) in [5.41, 5.74) is 2.21. The van der Waals surface area contributed by atoms with Gasteiger partial charge in [-0.15, -0.1) is 0 Å². The standard InChI is InChI=1S/C30H25NO5/c32-29(24-12-6-2-7-13-24)28(30(33)25-14-8-3-9-15-25)27(20-31(34)35)23-16-18-26(19-17-23)36-21-22-10-4-1-5-11-22/h1-19,27-28H,20-21H2. The minimum absolute atomic E-state index is 0.336. The van der Waals surface area contributed by atoms with Gasteiger partial charge in [-0.1, -0.05) is 103 Å². The molecule has 6 heteroatoms. The lowest BCUT2D eigenvalue weighted by Crippen LogP contribution is -2.34. The van der Waals surface area contributed by atoms with Crippen molar-refractivity contribution < 1.29 is 19.2 Å². The summed E-state index contributed by atoms with van der Waals surface area (Å²) in [6, 6.07) is 33.4. The molecule has 0 aliphatic carbocycles. The minimum Gasteiger partial charge on any atom is -0.489 e. The van der Waals surface area contributed by atoms with Gasteiger partial charge >= 0.3 is 0 Å². The Morgan fingerprint density at radius 2 is 1.17 bits per heavy atom. The number of nitro groups is 1. The molecule has 6 nitrogen and oxygen atoms in total. The first kappa shape index (κ1) is 24.5. The largest absolute Gasteiger partial charge is 0.489 e. The molecule has 1 unspecified atom stereocenters. The summed E-state index contributed by atoms with van der Waals surface area (Å²) in [5.74, 6) is -2.51. The number of Topliss-reactive ketones (excluding diaryl/α,β-unsaturated/α-hetero) is 2. The maximum atomic E-state index is 13.6. The molecule has 4 aromatic rings. The van der Waals surface area contributed by atoms with Gasteiger partial charge in [-0.2, -0.15) is 0 Å². The lowest BCUT2D eigenvalue weighted by atomic mass is 9.77. The van der Waals surface area contributed by atoms with Gasteiger partial charge in [0.05, 0.1) is 11.8 Å². The first-order valence-corrected chi connectivity index (χ1v) is 11.6. The van der Waals surface area contributed by atoms with Crippen LogP contribution in [-0.2, 0) is 6.61 Å². The van der Waals surface area contributed by atoms with Gasteiger partial charge in [0, 0.05) is 16.1 Å². The number of ether oxygens (including phenoxy) is 1. The third-order valence-corrected chi connectivity index (χ3v) is 5.99. The van der Waals surface area contributed by atoms with Crippen molar-refractivity contribution in [1.82, 2.24) is 0 Å². The number of carbonyl (C=O) groups excluding carboxylic acids is 2. The molecule has 4 aromatic carbocycles. The van der Waals surface area contributed by atoms with Gasteiger partial charge in [-0.05, 0) is 23.3 Å². The van der Waals surface area contributed by atoms with Gasteiger partial charge in [0.2, 0.25) is 6.54 Å². The molecule has 4 rings (SSSR count). The third kappa shape index (κ3) is 6.10. The second kappa shape index (κ2) is 11.7. The molecule has 0 aromatic heterocycles. The number of nitrogens with zero attached hydrogens (tertiary/aromatic N) is 1. The fourth-order valence-corrected chi connectivity index (χ4v) is 4.16. The van der Waals surface area contributed by atoms with E-state index in [1.165, 1.54) is 0 Å². The van der Waals surface area contributed by atoms with E-state index in [1.807, 2.05) is 30.3 Å². The van der Waals surface area contributed by atoms with Crippen molar-refractivity contribution in [2.75, 3.05) is 6.54 Å². The van der Waals surface area contributed by atoms with Crippen LogP contribution in [-0.4, -0.2) is 23.0 Å². The second-order valence-corrected chi connectivity index (χ2v) is 8.40. The predicted octanol–water partition coefficient (Wildman–Crippen LogP) is 6.01. The molecule has 0 amide bonds. The van der Waals surface area contributed by atoms with Crippen LogP contribution >= 0.6 is 0 Å². The van der Waals surface area contributed by atoms with Crippen LogP contribution in [0.4, 0.5) is 0 Å². The van der Waals surface area contributed by atoms with E-state index >= 15 is 0 Å². The van der Waals surface area contributed by atoms with Crippen LogP contribution in [0.5, 0.6) is 5.75 Å². The van der Waals surface area contributed by atoms with Gasteiger partial charge in [-0.25, -0.2) is 0 Å². The highest BCUT2D eigenvalue weighted by atomic mass is 16.6. The van der Waals surface area contributed by atoms with Crippen LogP contribution < -0.4 is 4.74 Å². The summed E-state index contributed by atoms with van der Waals surface area (Å²) in [6.45, 7) is -0.188. The summed E-state index contributed by atoms with van der Waals surface area (Å²) < 4.78 is 5.83. The molecular weight excluding hydrogens is 454 g/mol. The highest BCUT2D eigenvalue weighted by Gasteiger charge is 2.39. The Balaban J connectivity index is 1.67. The molecule has 36 heavy (non-hydrogen) atoms. The van der Waals surface area contributed by atoms with Crippen molar-refractivity contribution in [2.45, 2.75) is 12.5 Å². The van der Waals surface area contributed by atoms with Crippen molar-refractivity contribution >= 4 is 11.6 Å². The maximum Gasteiger partial charge on any atom is 0.211 e. The fourth-order valence-electron chi connectivity index (χ4n) is 4.16. The van der Waals surface area contributed by atoms with E-state index < -0.39 is 34.9 Å². The molecule has 0 fully saturated rings. The first-order chi connectivity index (χ1) is 17.5. The predicted molar refractivity (Wildman–Crippen MR) is 137 cm³/mol. The molecule has 0 N–H and O–H groups in total. The van der Waals surface area contributed by atoms with Gasteiger partial charge in [0.15, 0.2) is 11.6 Å². The van der Waals surface area contributed by atoms with E-state index in [0.717, 1.165) is 5.56 Å². The Kier molecular flexibility index (Phi) is 7.98. The molecule has 0 aliphatic rings. The summed E-state index contributed by atoms with van der Waals surface area (Å²) in [7, 11) is 0. The van der Waals surface area contributed by atoms with E-state index in [0.29, 0.717) is 29.0 Å². The van der Waals surface area contributed by atoms with Crippen LogP contribution in [0.2, 0.25) is 0 Å². The van der Waals surface area contributed by atoms with Crippen LogP contribution in [0, 0.1) is 16.0 Å². The highest BCUT2D eigenvalue weighted by Crippen LogP contribution is 2.32. The summed E-state index contributed by atoms with van der Waals surface area (Å²) in [4.78, 5) is 38.4. The maximum absolute atomic E-state index is 13.6. The SMILES string of the molecule is O=C(c1ccccc1)C(C(=O)c1ccccc1)C(C[N+](=O)[O-])c1ccc(OCc2ccccc2)cc1. The minimum atomic E-state index is -1.25. The molecule has 0 aliphatic heterocycles. The van der Waals surface area contributed by atoms with Gasteiger partial charge in [-0.3, -0.25) is 19.7 Å². The third-order valence-electron chi connectivity index (χ3n) is 5.99. The topological polar surface area (TPSA) is 86.5 Å². The van der Waals surface area contributed by atoms with Crippen LogP contribution in [0.25, 0.3) is 0 Å². The van der Waals surface area contributed by atoms with Crippen molar-refractivity contribution in [3.8, 4) is 5.75 Å². The molecule has 0 bridgehead atoms. The van der Waals surface area contributed by atoms with Crippen molar-refractivity contribution in [3.05, 3.63) is 148 Å². The number of rotatable bonds is 11. The normalized spacial score (nSPS) is 11.6. The molecule has 0 heterocycles. The first-order valence-electron chi connectivity index (χ1n) is 11.6. The Hall–Kier alpha value is -4.58. The number of carbonyl (C=O) groups is 2. The van der Waals surface area contributed by atoms with E-state index in [1.54, 1.807) is 84.9 Å². The van der Waals surface area contributed by atoms with Gasteiger partial charge in [0.25, 0.3) is 0 Å². The number of benzene rings is 4. The van der Waals surface area contributed by atoms with Crippen molar-refractivity contribution in [2.24, 2.45) is 5.92 Å². The molecule has 0 saturated carbocycles. The van der Waals surface area contributed by atoms with Crippen LogP contribution in [0.1, 0.15) is 37.8 Å².